The number of aryl methyl sites for hydroxylation is 2. The maximum Gasteiger partial charge on any atom is 0.293 e. The summed E-state index contributed by atoms with van der Waals surface area (Å²) in [6.45, 7) is 0. The summed E-state index contributed by atoms with van der Waals surface area (Å²) < 4.78 is 5.59. The maximum absolute atomic E-state index is 12.5. The average Bonchev–Trinajstić information content (AvgIpc) is 3.29. The molecule has 3 aromatic carbocycles. The summed E-state index contributed by atoms with van der Waals surface area (Å²) in [5, 5.41) is 9.42. The van der Waals surface area contributed by atoms with Crippen molar-refractivity contribution >= 4 is 50.7 Å². The Hall–Kier alpha value is -3.18. The first-order chi connectivity index (χ1) is 13.2. The van der Waals surface area contributed by atoms with Crippen LogP contribution in [-0.4, -0.2) is 11.0 Å². The number of carbonyl (C=O) groups excluding carboxylic acids is 1. The molecule has 27 heavy (non-hydrogen) atoms. The first-order valence-corrected chi connectivity index (χ1v) is 9.24. The predicted molar refractivity (Wildman–Crippen MR) is 111 cm³/mol. The van der Waals surface area contributed by atoms with Crippen LogP contribution < -0.4 is 10.6 Å². The summed E-state index contributed by atoms with van der Waals surface area (Å²) in [5.41, 5.74) is 4.30. The third kappa shape index (κ3) is 2.76. The Labute approximate surface area is 161 Å². The molecule has 4 nitrogen and oxygen atoms in total. The van der Waals surface area contributed by atoms with Gasteiger partial charge in [0.2, 0.25) is 0 Å². The summed E-state index contributed by atoms with van der Waals surface area (Å²) in [4.78, 5) is 12.5. The second-order valence-electron chi connectivity index (χ2n) is 6.67. The molecule has 0 atom stereocenters. The number of benzene rings is 3. The molecule has 0 radical (unpaired) electrons. The molecule has 2 N–H and O–H groups in total. The van der Waals surface area contributed by atoms with Gasteiger partial charge in [-0.25, -0.2) is 0 Å². The number of carbonyl (C=O) groups is 1. The maximum atomic E-state index is 12.5. The first-order valence-electron chi connectivity index (χ1n) is 8.83. The highest BCUT2D eigenvalue weighted by Gasteiger charge is 2.17. The van der Waals surface area contributed by atoms with Crippen LogP contribution in [0, 0.1) is 0 Å². The van der Waals surface area contributed by atoms with Crippen LogP contribution in [0.1, 0.15) is 21.7 Å². The number of furan rings is 1. The highest BCUT2D eigenvalue weighted by Crippen LogP contribution is 2.34. The van der Waals surface area contributed by atoms with Crippen molar-refractivity contribution in [3.63, 3.8) is 0 Å². The van der Waals surface area contributed by atoms with Gasteiger partial charge in [0.1, 0.15) is 5.58 Å². The Morgan fingerprint density at radius 3 is 2.63 bits per heavy atom. The van der Waals surface area contributed by atoms with E-state index in [0.29, 0.717) is 5.58 Å². The van der Waals surface area contributed by atoms with Crippen molar-refractivity contribution in [3.8, 4) is 0 Å². The van der Waals surface area contributed by atoms with Crippen LogP contribution in [0.25, 0.3) is 21.7 Å². The molecule has 4 aromatic rings. The average molecular weight is 372 g/mol. The molecule has 0 saturated carbocycles. The summed E-state index contributed by atoms with van der Waals surface area (Å²) in [6, 6.07) is 19.7. The number of rotatable bonds is 2. The number of amides is 1. The molecule has 1 aliphatic carbocycles. The number of fused-ring (bicyclic) bond motifs is 1. The van der Waals surface area contributed by atoms with Crippen molar-refractivity contribution in [1.82, 2.24) is 5.32 Å². The largest absolute Gasteiger partial charge is 0.451 e. The molecule has 1 heterocycles. The van der Waals surface area contributed by atoms with Gasteiger partial charge in [-0.05, 0) is 59.8 Å². The Morgan fingerprint density at radius 2 is 1.78 bits per heavy atom. The molecule has 0 saturated heterocycles. The Kier molecular flexibility index (Phi) is 3.69. The van der Waals surface area contributed by atoms with Crippen LogP contribution in [0.15, 0.2) is 65.1 Å². The van der Waals surface area contributed by atoms with Crippen molar-refractivity contribution in [2.24, 2.45) is 0 Å². The number of para-hydroxylation sites is 1. The smallest absolute Gasteiger partial charge is 0.293 e. The van der Waals surface area contributed by atoms with Crippen molar-refractivity contribution in [2.45, 2.75) is 12.8 Å². The fourth-order valence-corrected chi connectivity index (χ4v) is 3.97. The second kappa shape index (κ2) is 6.21. The van der Waals surface area contributed by atoms with Gasteiger partial charge in [0.05, 0.1) is 0 Å². The van der Waals surface area contributed by atoms with E-state index in [9.17, 15) is 4.79 Å². The molecular weight excluding hydrogens is 356 g/mol. The SMILES string of the molecule is O=C(NC(=S)Nc1ccc2c3c(cccc13)CC2)c1cc2ccccc2o1. The minimum atomic E-state index is -0.366. The Bertz CT molecular complexity index is 1180. The number of thiocarbonyl (C=S) groups is 1. The lowest BCUT2D eigenvalue weighted by atomic mass is 10.0. The number of anilines is 1. The molecule has 0 bridgehead atoms. The fraction of sp³-hybridized carbons (Fsp3) is 0.0909. The Morgan fingerprint density at radius 1 is 0.963 bits per heavy atom. The van der Waals surface area contributed by atoms with E-state index in [0.717, 1.165) is 29.3 Å². The third-order valence-corrected chi connectivity index (χ3v) is 5.21. The van der Waals surface area contributed by atoms with Gasteiger partial charge < -0.3 is 9.73 Å². The zero-order valence-electron chi connectivity index (χ0n) is 14.4. The van der Waals surface area contributed by atoms with E-state index in [1.807, 2.05) is 30.3 Å². The van der Waals surface area contributed by atoms with Crippen LogP contribution in [-0.2, 0) is 12.8 Å². The van der Waals surface area contributed by atoms with Gasteiger partial charge in [-0.1, -0.05) is 42.5 Å². The molecule has 132 valence electrons. The minimum Gasteiger partial charge on any atom is -0.451 e. The molecule has 5 rings (SSSR count). The lowest BCUT2D eigenvalue weighted by Crippen LogP contribution is -2.33. The fourth-order valence-electron chi connectivity index (χ4n) is 3.77. The monoisotopic (exact) mass is 372 g/mol. The van der Waals surface area contributed by atoms with E-state index in [-0.39, 0.29) is 16.8 Å². The topological polar surface area (TPSA) is 54.3 Å². The Balaban J connectivity index is 1.38. The highest BCUT2D eigenvalue weighted by atomic mass is 32.1. The third-order valence-electron chi connectivity index (χ3n) is 5.00. The van der Waals surface area contributed by atoms with Crippen LogP contribution >= 0.6 is 12.2 Å². The van der Waals surface area contributed by atoms with Crippen molar-refractivity contribution in [2.75, 3.05) is 5.32 Å². The predicted octanol–water partition coefficient (Wildman–Crippen LogP) is 4.81. The molecule has 1 aromatic heterocycles. The summed E-state index contributed by atoms with van der Waals surface area (Å²) >= 11 is 5.35. The van der Waals surface area contributed by atoms with Gasteiger partial charge in [-0.15, -0.1) is 0 Å². The number of hydrogen-bond donors (Lipinski definition) is 2. The lowest BCUT2D eigenvalue weighted by molar-refractivity contribution is 0.0953. The number of hydrogen-bond acceptors (Lipinski definition) is 3. The summed E-state index contributed by atoms with van der Waals surface area (Å²) in [5.74, 6) is -0.129. The van der Waals surface area contributed by atoms with Gasteiger partial charge in [-0.3, -0.25) is 10.1 Å². The quantitative estimate of drug-likeness (QED) is 0.496. The molecule has 0 spiro atoms. The van der Waals surface area contributed by atoms with Crippen LogP contribution in [0.2, 0.25) is 0 Å². The van der Waals surface area contributed by atoms with Crippen LogP contribution in [0.5, 0.6) is 0 Å². The standard InChI is InChI=1S/C22H16N2O2S/c25-21(19-12-15-4-1-2-7-18(15)26-19)24-22(27)23-17-11-10-14-9-8-13-5-3-6-16(17)20(13)14/h1-7,10-12H,8-9H2,(H2,23,24,25,27). The van der Waals surface area contributed by atoms with Gasteiger partial charge in [-0.2, -0.15) is 0 Å². The van der Waals surface area contributed by atoms with Crippen molar-refractivity contribution < 1.29 is 9.21 Å². The molecule has 1 amide bonds. The molecule has 0 unspecified atom stereocenters. The van der Waals surface area contributed by atoms with E-state index in [1.54, 1.807) is 6.07 Å². The van der Waals surface area contributed by atoms with E-state index in [4.69, 9.17) is 16.6 Å². The highest BCUT2D eigenvalue weighted by molar-refractivity contribution is 7.80. The summed E-state index contributed by atoms with van der Waals surface area (Å²) in [6.07, 6.45) is 2.15. The van der Waals surface area contributed by atoms with Gasteiger partial charge in [0.25, 0.3) is 5.91 Å². The van der Waals surface area contributed by atoms with Crippen molar-refractivity contribution in [3.05, 3.63) is 77.6 Å². The van der Waals surface area contributed by atoms with Gasteiger partial charge >= 0.3 is 0 Å². The molecular formula is C22H16N2O2S. The molecule has 5 heteroatoms. The second-order valence-corrected chi connectivity index (χ2v) is 7.08. The van der Waals surface area contributed by atoms with E-state index in [2.05, 4.69) is 34.9 Å². The van der Waals surface area contributed by atoms with Gasteiger partial charge in [0.15, 0.2) is 10.9 Å². The molecule has 0 fully saturated rings. The zero-order chi connectivity index (χ0) is 18.4. The number of nitrogens with one attached hydrogen (secondary N) is 2. The van der Waals surface area contributed by atoms with Crippen LogP contribution in [0.4, 0.5) is 5.69 Å². The minimum absolute atomic E-state index is 0.237. The molecule has 1 aliphatic rings. The van der Waals surface area contributed by atoms with E-state index >= 15 is 0 Å². The van der Waals surface area contributed by atoms with Gasteiger partial charge in [0, 0.05) is 16.5 Å². The lowest BCUT2D eigenvalue weighted by Gasteiger charge is -2.12. The summed E-state index contributed by atoms with van der Waals surface area (Å²) in [7, 11) is 0. The first kappa shape index (κ1) is 16.0. The van der Waals surface area contributed by atoms with Crippen molar-refractivity contribution in [1.29, 1.82) is 0 Å². The van der Waals surface area contributed by atoms with E-state index < -0.39 is 0 Å². The molecule has 0 aliphatic heterocycles. The van der Waals surface area contributed by atoms with E-state index in [1.165, 1.54) is 16.5 Å². The zero-order valence-corrected chi connectivity index (χ0v) is 15.2. The van der Waals surface area contributed by atoms with Crippen LogP contribution in [0.3, 0.4) is 0 Å². The normalized spacial score (nSPS) is 12.4.